The molecular weight excluding hydrogens is 643 g/mol. The van der Waals surface area contributed by atoms with Gasteiger partial charge in [-0.25, -0.2) is 4.79 Å². The largest absolute Gasteiger partial charge is 0.363 e. The maximum Gasteiger partial charge on any atom is 0.315 e. The van der Waals surface area contributed by atoms with Crippen LogP contribution >= 0.6 is 0 Å². The van der Waals surface area contributed by atoms with Gasteiger partial charge in [0.1, 0.15) is 12.1 Å². The van der Waals surface area contributed by atoms with Gasteiger partial charge in [0, 0.05) is 27.8 Å². The fraction of sp³-hybridized carbons (Fsp3) is 0.703. The Balaban J connectivity index is 1.92. The molecule has 1 aromatic rings. The summed E-state index contributed by atoms with van der Waals surface area (Å²) < 4.78 is 12.8. The summed E-state index contributed by atoms with van der Waals surface area (Å²) in [4.78, 5) is 68.5. The van der Waals surface area contributed by atoms with E-state index in [1.165, 1.54) is 4.90 Å². The second-order valence-electron chi connectivity index (χ2n) is 15.3. The Morgan fingerprint density at radius 3 is 2.14 bits per heavy atom. The van der Waals surface area contributed by atoms with Gasteiger partial charge in [0.05, 0.1) is 11.6 Å². The van der Waals surface area contributed by atoms with Crippen molar-refractivity contribution in [1.82, 2.24) is 20.9 Å². The second-order valence-corrected chi connectivity index (χ2v) is 17.5. The number of carbonyl (C=O) groups excluding carboxylic acids is 5. The highest BCUT2D eigenvalue weighted by molar-refractivity contribution is 7.86. The van der Waals surface area contributed by atoms with Crippen LogP contribution in [0.1, 0.15) is 105 Å². The van der Waals surface area contributed by atoms with Crippen molar-refractivity contribution in [1.29, 1.82) is 0 Å². The Hall–Kier alpha value is -3.28. The van der Waals surface area contributed by atoms with Crippen molar-refractivity contribution >= 4 is 40.3 Å². The second kappa shape index (κ2) is 17.1. The van der Waals surface area contributed by atoms with E-state index in [4.69, 9.17) is 5.73 Å². The predicted molar refractivity (Wildman–Crippen MR) is 193 cm³/mol. The first kappa shape index (κ1) is 40.2. The van der Waals surface area contributed by atoms with Crippen LogP contribution in [0.2, 0.25) is 0 Å². The Morgan fingerprint density at radius 2 is 1.63 bits per heavy atom. The standard InChI is InChI=1S/C37H59N5O6S/c1-9-17-37(11-3,22-49(48)36(6,7)8)41-35(47)40-29(27-20-25-14-12-13-15-26(25)21-27)34(46)42-18-16-24(5)30(42)33(45)39-28(19-23(4)10-2)31(43)32(38)44/h12-15,23-24,27-30H,9-11,16-22H2,1-8H3,(H2,38,44)(H,39,45)(H2,40,41,47)/t23?,24?,28?,29?,30-,37?,49?/m0/s1. The monoisotopic (exact) mass is 701 g/mol. The Morgan fingerprint density at radius 1 is 1.02 bits per heavy atom. The van der Waals surface area contributed by atoms with E-state index in [2.05, 4.69) is 16.0 Å². The van der Waals surface area contributed by atoms with Crippen LogP contribution in [-0.4, -0.2) is 79.4 Å². The van der Waals surface area contributed by atoms with Gasteiger partial charge >= 0.3 is 6.03 Å². The van der Waals surface area contributed by atoms with Crippen molar-refractivity contribution in [2.45, 2.75) is 135 Å². The molecule has 1 heterocycles. The lowest BCUT2D eigenvalue weighted by Gasteiger charge is -2.37. The molecule has 0 bridgehead atoms. The van der Waals surface area contributed by atoms with Gasteiger partial charge in [0.25, 0.3) is 5.91 Å². The fourth-order valence-corrected chi connectivity index (χ4v) is 8.47. The van der Waals surface area contributed by atoms with Gasteiger partial charge in [-0.3, -0.25) is 23.4 Å². The molecule has 1 saturated heterocycles. The zero-order valence-electron chi connectivity index (χ0n) is 30.7. The number of rotatable bonds is 16. The minimum Gasteiger partial charge on any atom is -0.363 e. The first-order chi connectivity index (χ1) is 23.0. The highest BCUT2D eigenvalue weighted by atomic mass is 32.2. The molecule has 49 heavy (non-hydrogen) atoms. The van der Waals surface area contributed by atoms with Gasteiger partial charge in [-0.2, -0.15) is 0 Å². The number of ketones is 1. The third-order valence-corrected chi connectivity index (χ3v) is 12.6. The predicted octanol–water partition coefficient (Wildman–Crippen LogP) is 3.78. The maximum atomic E-state index is 14.6. The lowest BCUT2D eigenvalue weighted by atomic mass is 9.92. The molecule has 1 fully saturated rings. The van der Waals surface area contributed by atoms with E-state index in [0.717, 1.165) is 24.0 Å². The molecule has 1 aliphatic carbocycles. The smallest absolute Gasteiger partial charge is 0.315 e. The molecule has 11 nitrogen and oxygen atoms in total. The van der Waals surface area contributed by atoms with Crippen LogP contribution in [-0.2, 0) is 42.8 Å². The fourth-order valence-electron chi connectivity index (χ4n) is 7.11. The molecule has 6 unspecified atom stereocenters. The zero-order chi connectivity index (χ0) is 36.7. The van der Waals surface area contributed by atoms with E-state index < -0.39 is 62.8 Å². The number of benzene rings is 1. The Bertz CT molecular complexity index is 1370. The Labute approximate surface area is 295 Å². The molecule has 0 saturated carbocycles. The van der Waals surface area contributed by atoms with Crippen LogP contribution in [0, 0.1) is 17.8 Å². The molecule has 7 atom stereocenters. The summed E-state index contributed by atoms with van der Waals surface area (Å²) in [5.74, 6) is -3.01. The summed E-state index contributed by atoms with van der Waals surface area (Å²) in [6.07, 6.45) is 4.68. The number of likely N-dealkylation sites (tertiary alicyclic amines) is 1. The van der Waals surface area contributed by atoms with E-state index in [-0.39, 0.29) is 35.8 Å². The topological polar surface area (TPSA) is 168 Å². The van der Waals surface area contributed by atoms with E-state index in [1.54, 1.807) is 0 Å². The number of hydrogen-bond acceptors (Lipinski definition) is 6. The van der Waals surface area contributed by atoms with Gasteiger partial charge in [0.15, 0.2) is 0 Å². The molecule has 1 aromatic carbocycles. The number of urea groups is 1. The van der Waals surface area contributed by atoms with Gasteiger partial charge in [-0.1, -0.05) is 71.7 Å². The van der Waals surface area contributed by atoms with Crippen LogP contribution in [0.15, 0.2) is 24.3 Å². The number of nitrogens with zero attached hydrogens (tertiary/aromatic N) is 1. The van der Waals surface area contributed by atoms with Crippen molar-refractivity contribution < 1.29 is 28.2 Å². The molecule has 1 aliphatic heterocycles. The molecule has 12 heteroatoms. The molecule has 5 N–H and O–H groups in total. The number of hydrogen-bond donors (Lipinski definition) is 4. The van der Waals surface area contributed by atoms with Crippen molar-refractivity contribution in [3.63, 3.8) is 0 Å². The van der Waals surface area contributed by atoms with Crippen molar-refractivity contribution in [3.8, 4) is 0 Å². The van der Waals surface area contributed by atoms with Crippen LogP contribution in [0.25, 0.3) is 0 Å². The first-order valence-electron chi connectivity index (χ1n) is 17.9. The molecule has 5 amide bonds. The van der Waals surface area contributed by atoms with Crippen molar-refractivity contribution in [3.05, 3.63) is 35.4 Å². The number of nitrogens with two attached hydrogens (primary N) is 1. The number of amides is 5. The first-order valence-corrected chi connectivity index (χ1v) is 19.3. The van der Waals surface area contributed by atoms with E-state index in [9.17, 15) is 28.2 Å². The number of carbonyl (C=O) groups is 5. The molecule has 2 aliphatic rings. The average Bonchev–Trinajstić information content (AvgIpc) is 3.65. The third-order valence-electron chi connectivity index (χ3n) is 10.4. The molecule has 274 valence electrons. The number of nitrogens with one attached hydrogen (secondary N) is 3. The lowest BCUT2D eigenvalue weighted by Crippen LogP contribution is -2.62. The van der Waals surface area contributed by atoms with Crippen molar-refractivity contribution in [2.24, 2.45) is 23.5 Å². The van der Waals surface area contributed by atoms with Crippen molar-refractivity contribution in [2.75, 3.05) is 12.3 Å². The highest BCUT2D eigenvalue weighted by Crippen LogP contribution is 2.32. The summed E-state index contributed by atoms with van der Waals surface area (Å²) in [6, 6.07) is 4.54. The number of primary amides is 1. The van der Waals surface area contributed by atoms with Gasteiger partial charge in [-0.05, 0) is 88.2 Å². The summed E-state index contributed by atoms with van der Waals surface area (Å²) in [5.41, 5.74) is 6.83. The highest BCUT2D eigenvalue weighted by Gasteiger charge is 2.46. The van der Waals surface area contributed by atoms with Crippen LogP contribution < -0.4 is 21.7 Å². The number of fused-ring (bicyclic) bond motifs is 1. The Kier molecular flexibility index (Phi) is 14.0. The van der Waals surface area contributed by atoms with E-state index in [0.29, 0.717) is 38.6 Å². The molecule has 0 radical (unpaired) electrons. The lowest BCUT2D eigenvalue weighted by molar-refractivity contribution is -0.143. The average molecular weight is 702 g/mol. The zero-order valence-corrected chi connectivity index (χ0v) is 31.5. The minimum absolute atomic E-state index is 0.0483. The normalized spacial score (nSPS) is 21.5. The summed E-state index contributed by atoms with van der Waals surface area (Å²) in [5, 5.41) is 8.93. The van der Waals surface area contributed by atoms with Gasteiger partial charge < -0.3 is 26.6 Å². The van der Waals surface area contributed by atoms with Gasteiger partial charge in [-0.15, -0.1) is 0 Å². The SMILES string of the molecule is CCCC(CC)(CS(=O)C(C)(C)C)NC(=O)NC(C(=O)N1CCC(C)[C@H]1C(=O)NC(CC(C)CC)C(=O)C(N)=O)C1Cc2ccccc2C1. The molecule has 0 spiro atoms. The molecule has 3 rings (SSSR count). The molecular formula is C37H59N5O6S. The summed E-state index contributed by atoms with van der Waals surface area (Å²) in [7, 11) is -1.22. The third kappa shape index (κ3) is 10.1. The van der Waals surface area contributed by atoms with E-state index >= 15 is 0 Å². The maximum absolute atomic E-state index is 14.6. The van der Waals surface area contributed by atoms with Crippen LogP contribution in [0.5, 0.6) is 0 Å². The molecule has 0 aromatic heterocycles. The minimum atomic E-state index is -1.22. The van der Waals surface area contributed by atoms with Crippen LogP contribution in [0.4, 0.5) is 4.79 Å². The van der Waals surface area contributed by atoms with Gasteiger partial charge in [0.2, 0.25) is 17.6 Å². The summed E-state index contributed by atoms with van der Waals surface area (Å²) >= 11 is 0. The quantitative estimate of drug-likeness (QED) is 0.192. The summed E-state index contributed by atoms with van der Waals surface area (Å²) in [6.45, 7) is 15.8. The number of Topliss-reactive ketones (excluding diaryl/α,β-unsaturated/α-hetero) is 1. The van der Waals surface area contributed by atoms with Crippen LogP contribution in [0.3, 0.4) is 0 Å². The van der Waals surface area contributed by atoms with E-state index in [1.807, 2.05) is 79.7 Å².